The van der Waals surface area contributed by atoms with Crippen LogP contribution in [0, 0.1) is 0 Å². The lowest BCUT2D eigenvalue weighted by atomic mass is 9.91. The smallest absolute Gasteiger partial charge is 0.314 e. The Bertz CT molecular complexity index is 587. The van der Waals surface area contributed by atoms with E-state index in [0.717, 1.165) is 16.6 Å². The number of hydrogen-bond acceptors (Lipinski definition) is 4. The van der Waals surface area contributed by atoms with Gasteiger partial charge in [-0.3, -0.25) is 9.59 Å². The summed E-state index contributed by atoms with van der Waals surface area (Å²) in [5, 5.41) is 0.958. The second-order valence-corrected chi connectivity index (χ2v) is 4.09. The normalized spacial score (nSPS) is 17.4. The zero-order valence-electron chi connectivity index (χ0n) is 8.97. The maximum atomic E-state index is 11.2. The van der Waals surface area contributed by atoms with Gasteiger partial charge in [-0.2, -0.15) is 0 Å². The first-order chi connectivity index (χ1) is 8.24. The Balaban J connectivity index is 2.03. The molecular formula is C12H10N2O3. The SMILES string of the molecule is O=C1CC(c2c[nH]c3ncccc23)CC(=O)O1. The predicted octanol–water partition coefficient (Wildman–Crippen LogP) is 1.51. The van der Waals surface area contributed by atoms with Crippen LogP contribution >= 0.6 is 0 Å². The molecule has 2 aromatic rings. The topological polar surface area (TPSA) is 72.0 Å². The van der Waals surface area contributed by atoms with Gasteiger partial charge in [0.25, 0.3) is 0 Å². The third-order valence-electron chi connectivity index (χ3n) is 2.98. The number of H-pyrrole nitrogens is 1. The van der Waals surface area contributed by atoms with E-state index < -0.39 is 11.9 Å². The average Bonchev–Trinajstić information content (AvgIpc) is 2.71. The number of nitrogens with one attached hydrogen (secondary N) is 1. The van der Waals surface area contributed by atoms with E-state index in [1.165, 1.54) is 0 Å². The molecule has 0 bridgehead atoms. The van der Waals surface area contributed by atoms with Gasteiger partial charge in [-0.1, -0.05) is 0 Å². The molecule has 3 rings (SSSR count). The van der Waals surface area contributed by atoms with Crippen molar-refractivity contribution in [3.05, 3.63) is 30.1 Å². The lowest BCUT2D eigenvalue weighted by molar-refractivity contribution is -0.163. The van der Waals surface area contributed by atoms with E-state index in [-0.39, 0.29) is 18.8 Å². The summed E-state index contributed by atoms with van der Waals surface area (Å²) < 4.78 is 4.52. The van der Waals surface area contributed by atoms with Crippen molar-refractivity contribution in [1.82, 2.24) is 9.97 Å². The number of aromatic nitrogens is 2. The van der Waals surface area contributed by atoms with Crippen LogP contribution in [-0.4, -0.2) is 21.9 Å². The van der Waals surface area contributed by atoms with Crippen LogP contribution in [-0.2, 0) is 14.3 Å². The van der Waals surface area contributed by atoms with Gasteiger partial charge in [0.05, 0.1) is 12.8 Å². The zero-order valence-corrected chi connectivity index (χ0v) is 8.97. The lowest BCUT2D eigenvalue weighted by Crippen LogP contribution is -2.24. The van der Waals surface area contributed by atoms with Gasteiger partial charge in [0.15, 0.2) is 0 Å². The highest BCUT2D eigenvalue weighted by atomic mass is 16.6. The molecule has 0 unspecified atom stereocenters. The number of aromatic amines is 1. The number of ether oxygens (including phenoxy) is 1. The van der Waals surface area contributed by atoms with Crippen molar-refractivity contribution < 1.29 is 14.3 Å². The molecule has 1 aliphatic heterocycles. The molecule has 0 aromatic carbocycles. The minimum Gasteiger partial charge on any atom is -0.393 e. The van der Waals surface area contributed by atoms with Crippen molar-refractivity contribution in [3.8, 4) is 0 Å². The number of fused-ring (bicyclic) bond motifs is 1. The van der Waals surface area contributed by atoms with Crippen molar-refractivity contribution >= 4 is 23.0 Å². The Morgan fingerprint density at radius 1 is 1.29 bits per heavy atom. The van der Waals surface area contributed by atoms with Crippen LogP contribution in [0.3, 0.4) is 0 Å². The van der Waals surface area contributed by atoms with Gasteiger partial charge in [-0.15, -0.1) is 0 Å². The summed E-state index contributed by atoms with van der Waals surface area (Å²) in [4.78, 5) is 29.7. The van der Waals surface area contributed by atoms with Crippen LogP contribution in [0.15, 0.2) is 24.5 Å². The van der Waals surface area contributed by atoms with Crippen molar-refractivity contribution in [2.45, 2.75) is 18.8 Å². The molecule has 2 aromatic heterocycles. The van der Waals surface area contributed by atoms with Gasteiger partial charge in [-0.25, -0.2) is 4.98 Å². The van der Waals surface area contributed by atoms with E-state index in [1.807, 2.05) is 18.3 Å². The fourth-order valence-corrected chi connectivity index (χ4v) is 2.22. The summed E-state index contributed by atoms with van der Waals surface area (Å²) >= 11 is 0. The van der Waals surface area contributed by atoms with Crippen molar-refractivity contribution in [2.75, 3.05) is 0 Å². The minimum atomic E-state index is -0.454. The molecule has 0 spiro atoms. The third kappa shape index (κ3) is 1.69. The van der Waals surface area contributed by atoms with Crippen LogP contribution in [0.25, 0.3) is 11.0 Å². The van der Waals surface area contributed by atoms with E-state index in [9.17, 15) is 9.59 Å². The number of nitrogens with zero attached hydrogens (tertiary/aromatic N) is 1. The van der Waals surface area contributed by atoms with E-state index in [2.05, 4.69) is 14.7 Å². The lowest BCUT2D eigenvalue weighted by Gasteiger charge is -2.19. The molecule has 5 nitrogen and oxygen atoms in total. The molecule has 1 aliphatic rings. The fourth-order valence-electron chi connectivity index (χ4n) is 2.22. The van der Waals surface area contributed by atoms with Crippen LogP contribution in [0.5, 0.6) is 0 Å². The molecule has 0 atom stereocenters. The minimum absolute atomic E-state index is 0.110. The zero-order chi connectivity index (χ0) is 11.8. The van der Waals surface area contributed by atoms with Crippen molar-refractivity contribution in [3.63, 3.8) is 0 Å². The van der Waals surface area contributed by atoms with Crippen LogP contribution in [0.4, 0.5) is 0 Å². The van der Waals surface area contributed by atoms with Gasteiger partial charge in [0, 0.05) is 23.7 Å². The Morgan fingerprint density at radius 3 is 2.82 bits per heavy atom. The van der Waals surface area contributed by atoms with E-state index >= 15 is 0 Å². The predicted molar refractivity (Wildman–Crippen MR) is 59.2 cm³/mol. The van der Waals surface area contributed by atoms with Gasteiger partial charge >= 0.3 is 11.9 Å². The molecule has 1 fully saturated rings. The number of carbonyl (C=O) groups is 2. The van der Waals surface area contributed by atoms with E-state index in [0.29, 0.717) is 0 Å². The quantitative estimate of drug-likeness (QED) is 0.595. The number of pyridine rings is 1. The summed E-state index contributed by atoms with van der Waals surface area (Å²) in [5.74, 6) is -1.02. The van der Waals surface area contributed by atoms with Crippen LogP contribution < -0.4 is 0 Å². The Hall–Kier alpha value is -2.17. The number of cyclic esters (lactones) is 2. The number of rotatable bonds is 1. The molecule has 0 saturated carbocycles. The summed E-state index contributed by atoms with van der Waals surface area (Å²) in [6.07, 6.45) is 4.00. The second kappa shape index (κ2) is 3.69. The molecule has 1 N–H and O–H groups in total. The molecule has 86 valence electrons. The van der Waals surface area contributed by atoms with E-state index in [4.69, 9.17) is 0 Å². The van der Waals surface area contributed by atoms with Crippen molar-refractivity contribution in [1.29, 1.82) is 0 Å². The summed E-state index contributed by atoms with van der Waals surface area (Å²) in [7, 11) is 0. The monoisotopic (exact) mass is 230 g/mol. The highest BCUT2D eigenvalue weighted by Gasteiger charge is 2.29. The second-order valence-electron chi connectivity index (χ2n) is 4.09. The van der Waals surface area contributed by atoms with Gasteiger partial charge in [-0.05, 0) is 17.7 Å². The molecule has 1 saturated heterocycles. The van der Waals surface area contributed by atoms with Gasteiger partial charge in [0.1, 0.15) is 5.65 Å². The first-order valence-electron chi connectivity index (χ1n) is 5.39. The summed E-state index contributed by atoms with van der Waals surface area (Å²) in [6.45, 7) is 0. The Kier molecular flexibility index (Phi) is 2.18. The highest BCUT2D eigenvalue weighted by Crippen LogP contribution is 2.32. The highest BCUT2D eigenvalue weighted by molar-refractivity contribution is 5.91. The van der Waals surface area contributed by atoms with E-state index in [1.54, 1.807) is 6.20 Å². The molecule has 0 radical (unpaired) electrons. The Morgan fingerprint density at radius 2 is 2.06 bits per heavy atom. The Labute approximate surface area is 96.8 Å². The van der Waals surface area contributed by atoms with Crippen LogP contribution in [0.2, 0.25) is 0 Å². The maximum absolute atomic E-state index is 11.2. The molecule has 17 heavy (non-hydrogen) atoms. The summed E-state index contributed by atoms with van der Waals surface area (Å²) in [6, 6.07) is 3.77. The molecular weight excluding hydrogens is 220 g/mol. The van der Waals surface area contributed by atoms with Gasteiger partial charge in [0.2, 0.25) is 0 Å². The standard InChI is InChI=1S/C12H10N2O3/c15-10-4-7(5-11(16)17-10)9-6-14-12-8(9)2-1-3-13-12/h1-3,6-7H,4-5H2,(H,13,14). The first kappa shape index (κ1) is 10.0. The molecule has 5 heteroatoms. The average molecular weight is 230 g/mol. The molecule has 0 aliphatic carbocycles. The maximum Gasteiger partial charge on any atom is 0.314 e. The molecule has 0 amide bonds. The largest absolute Gasteiger partial charge is 0.393 e. The first-order valence-corrected chi connectivity index (χ1v) is 5.39. The molecule has 3 heterocycles. The number of carbonyl (C=O) groups excluding carboxylic acids is 2. The summed E-state index contributed by atoms with van der Waals surface area (Å²) in [5.41, 5.74) is 1.73. The van der Waals surface area contributed by atoms with Crippen LogP contribution in [0.1, 0.15) is 24.3 Å². The number of esters is 2. The fraction of sp³-hybridized carbons (Fsp3) is 0.250. The van der Waals surface area contributed by atoms with Crippen molar-refractivity contribution in [2.24, 2.45) is 0 Å². The number of hydrogen-bond donors (Lipinski definition) is 1. The van der Waals surface area contributed by atoms with Gasteiger partial charge < -0.3 is 9.72 Å². The third-order valence-corrected chi connectivity index (χ3v) is 2.98.